The van der Waals surface area contributed by atoms with Gasteiger partial charge in [-0.05, 0) is 44.4 Å². The lowest BCUT2D eigenvalue weighted by molar-refractivity contribution is 0.409. The van der Waals surface area contributed by atoms with E-state index in [4.69, 9.17) is 4.99 Å². The minimum atomic E-state index is 0. The van der Waals surface area contributed by atoms with E-state index in [1.807, 2.05) is 48.5 Å². The van der Waals surface area contributed by atoms with Gasteiger partial charge in [-0.15, -0.1) is 34.2 Å². The SMILES string of the molecule is Cc1ccn(-c2ccccc2CN=C(NCc2nnc(C)n2C)NC2CCCCC2)n1.I. The lowest BCUT2D eigenvalue weighted by Crippen LogP contribution is -2.44. The van der Waals surface area contributed by atoms with Gasteiger partial charge in [-0.25, -0.2) is 9.67 Å². The number of aryl methyl sites for hydroxylation is 2. The van der Waals surface area contributed by atoms with Crippen LogP contribution in [0.3, 0.4) is 0 Å². The molecule has 1 fully saturated rings. The fourth-order valence-corrected chi connectivity index (χ4v) is 3.94. The van der Waals surface area contributed by atoms with Gasteiger partial charge in [0.1, 0.15) is 5.82 Å². The molecule has 0 saturated heterocycles. The average Bonchev–Trinajstić information content (AvgIpc) is 3.36. The molecule has 8 nitrogen and oxygen atoms in total. The van der Waals surface area contributed by atoms with E-state index in [0.717, 1.165) is 34.6 Å². The minimum absolute atomic E-state index is 0. The molecule has 2 heterocycles. The fourth-order valence-electron chi connectivity index (χ4n) is 3.94. The summed E-state index contributed by atoms with van der Waals surface area (Å²) in [6, 6.07) is 10.8. The van der Waals surface area contributed by atoms with E-state index in [2.05, 4.69) is 44.1 Å². The molecule has 0 amide bonds. The number of para-hydroxylation sites is 1. The van der Waals surface area contributed by atoms with Gasteiger partial charge in [0, 0.05) is 19.3 Å². The Bertz CT molecular complexity index is 1030. The Labute approximate surface area is 206 Å². The first-order chi connectivity index (χ1) is 15.1. The van der Waals surface area contributed by atoms with Crippen LogP contribution >= 0.6 is 24.0 Å². The third-order valence-corrected chi connectivity index (χ3v) is 5.91. The lowest BCUT2D eigenvalue weighted by atomic mass is 9.96. The number of halogens is 1. The summed E-state index contributed by atoms with van der Waals surface area (Å²) in [4.78, 5) is 4.93. The Morgan fingerprint density at radius 3 is 2.56 bits per heavy atom. The molecule has 1 saturated carbocycles. The van der Waals surface area contributed by atoms with Gasteiger partial charge in [0.05, 0.1) is 24.5 Å². The second kappa shape index (κ2) is 11.4. The number of benzene rings is 1. The highest BCUT2D eigenvalue weighted by Gasteiger charge is 2.16. The molecular formula is C23H33IN8. The maximum absolute atomic E-state index is 4.93. The van der Waals surface area contributed by atoms with Crippen LogP contribution in [0.2, 0.25) is 0 Å². The van der Waals surface area contributed by atoms with Crippen molar-refractivity contribution in [2.24, 2.45) is 12.0 Å². The molecule has 0 radical (unpaired) electrons. The summed E-state index contributed by atoms with van der Waals surface area (Å²) in [6.07, 6.45) is 8.24. The normalized spacial score (nSPS) is 14.8. The van der Waals surface area contributed by atoms with Crippen LogP contribution in [0.25, 0.3) is 5.69 Å². The minimum Gasteiger partial charge on any atom is -0.354 e. The number of guanidine groups is 1. The topological polar surface area (TPSA) is 85.0 Å². The second-order valence-electron chi connectivity index (χ2n) is 8.25. The highest BCUT2D eigenvalue weighted by molar-refractivity contribution is 14.0. The van der Waals surface area contributed by atoms with Gasteiger partial charge in [0.2, 0.25) is 0 Å². The van der Waals surface area contributed by atoms with Crippen LogP contribution in [0.15, 0.2) is 41.5 Å². The van der Waals surface area contributed by atoms with Crippen LogP contribution in [0.4, 0.5) is 0 Å². The highest BCUT2D eigenvalue weighted by atomic mass is 127. The van der Waals surface area contributed by atoms with Crippen LogP contribution in [0.1, 0.15) is 55.0 Å². The molecular weight excluding hydrogens is 515 g/mol. The summed E-state index contributed by atoms with van der Waals surface area (Å²) in [5, 5.41) is 20.1. The Balaban J connectivity index is 0.00000289. The standard InChI is InChI=1S/C23H32N8.HI/c1-17-13-14-31(29-17)21-12-8-7-9-19(21)15-24-23(26-20-10-5-4-6-11-20)25-16-22-28-27-18(2)30(22)3;/h7-9,12-14,20H,4-6,10-11,15-16H2,1-3H3,(H2,24,25,26);1H. The molecule has 1 aliphatic carbocycles. The molecule has 3 aromatic rings. The van der Waals surface area contributed by atoms with Crippen molar-refractivity contribution >= 4 is 29.9 Å². The van der Waals surface area contributed by atoms with Crippen molar-refractivity contribution < 1.29 is 0 Å². The Kier molecular flexibility index (Phi) is 8.66. The molecule has 2 aromatic heterocycles. The molecule has 172 valence electrons. The van der Waals surface area contributed by atoms with Crippen molar-refractivity contribution in [2.45, 2.75) is 65.1 Å². The number of nitrogens with one attached hydrogen (secondary N) is 2. The zero-order valence-corrected chi connectivity index (χ0v) is 21.4. The van der Waals surface area contributed by atoms with Gasteiger partial charge in [-0.1, -0.05) is 37.5 Å². The molecule has 9 heteroatoms. The number of hydrogen-bond donors (Lipinski definition) is 2. The van der Waals surface area contributed by atoms with E-state index in [0.29, 0.717) is 19.1 Å². The molecule has 1 aliphatic rings. The molecule has 2 N–H and O–H groups in total. The van der Waals surface area contributed by atoms with Crippen LogP contribution in [0, 0.1) is 13.8 Å². The zero-order chi connectivity index (χ0) is 21.6. The van der Waals surface area contributed by atoms with Crippen LogP contribution < -0.4 is 10.6 Å². The number of aromatic nitrogens is 5. The molecule has 0 aliphatic heterocycles. The van der Waals surface area contributed by atoms with Crippen LogP contribution in [0.5, 0.6) is 0 Å². The van der Waals surface area contributed by atoms with Crippen LogP contribution in [-0.4, -0.2) is 36.5 Å². The molecule has 32 heavy (non-hydrogen) atoms. The first-order valence-electron chi connectivity index (χ1n) is 11.1. The van der Waals surface area contributed by atoms with Crippen LogP contribution in [-0.2, 0) is 20.1 Å². The van der Waals surface area contributed by atoms with E-state index in [1.54, 1.807) is 0 Å². The summed E-state index contributed by atoms with van der Waals surface area (Å²) in [7, 11) is 1.99. The van der Waals surface area contributed by atoms with E-state index in [9.17, 15) is 0 Å². The maximum atomic E-state index is 4.93. The van der Waals surface area contributed by atoms with Crippen molar-refractivity contribution in [1.82, 2.24) is 35.2 Å². The predicted octanol–water partition coefficient (Wildman–Crippen LogP) is 3.80. The quantitative estimate of drug-likeness (QED) is 0.278. The number of nitrogens with zero attached hydrogens (tertiary/aromatic N) is 6. The summed E-state index contributed by atoms with van der Waals surface area (Å²) >= 11 is 0. The van der Waals surface area contributed by atoms with Gasteiger partial charge in [0.25, 0.3) is 0 Å². The van der Waals surface area contributed by atoms with E-state index < -0.39 is 0 Å². The summed E-state index contributed by atoms with van der Waals surface area (Å²) < 4.78 is 3.92. The molecule has 0 unspecified atom stereocenters. The third kappa shape index (κ3) is 6.08. The Morgan fingerprint density at radius 2 is 1.88 bits per heavy atom. The Morgan fingerprint density at radius 1 is 1.09 bits per heavy atom. The molecule has 0 bridgehead atoms. The first-order valence-corrected chi connectivity index (χ1v) is 11.1. The van der Waals surface area contributed by atoms with E-state index >= 15 is 0 Å². The third-order valence-electron chi connectivity index (χ3n) is 5.91. The van der Waals surface area contributed by atoms with E-state index in [1.165, 1.54) is 32.1 Å². The van der Waals surface area contributed by atoms with Gasteiger partial charge < -0.3 is 15.2 Å². The smallest absolute Gasteiger partial charge is 0.192 e. The second-order valence-corrected chi connectivity index (χ2v) is 8.25. The summed E-state index contributed by atoms with van der Waals surface area (Å²) in [5.74, 6) is 2.61. The summed E-state index contributed by atoms with van der Waals surface area (Å²) in [5.41, 5.74) is 3.18. The van der Waals surface area contributed by atoms with Crippen molar-refractivity contribution in [3.63, 3.8) is 0 Å². The molecule has 0 spiro atoms. The predicted molar refractivity (Wildman–Crippen MR) is 137 cm³/mol. The van der Waals surface area contributed by atoms with Crippen molar-refractivity contribution in [3.8, 4) is 5.69 Å². The average molecular weight is 548 g/mol. The Hall–Kier alpha value is -2.43. The monoisotopic (exact) mass is 548 g/mol. The van der Waals surface area contributed by atoms with Crippen molar-refractivity contribution in [1.29, 1.82) is 0 Å². The van der Waals surface area contributed by atoms with Gasteiger partial charge >= 0.3 is 0 Å². The lowest BCUT2D eigenvalue weighted by Gasteiger charge is -2.25. The van der Waals surface area contributed by atoms with Gasteiger partial charge in [-0.3, -0.25) is 0 Å². The summed E-state index contributed by atoms with van der Waals surface area (Å²) in [6.45, 7) is 5.10. The van der Waals surface area contributed by atoms with Crippen molar-refractivity contribution in [3.05, 3.63) is 59.4 Å². The molecule has 1 aromatic carbocycles. The maximum Gasteiger partial charge on any atom is 0.192 e. The number of rotatable bonds is 6. The molecule has 4 rings (SSSR count). The zero-order valence-electron chi connectivity index (χ0n) is 19.1. The van der Waals surface area contributed by atoms with Gasteiger partial charge in [-0.2, -0.15) is 5.10 Å². The highest BCUT2D eigenvalue weighted by Crippen LogP contribution is 2.18. The van der Waals surface area contributed by atoms with Gasteiger partial charge in [0.15, 0.2) is 11.8 Å². The fraction of sp³-hybridized carbons (Fsp3) is 0.478. The largest absolute Gasteiger partial charge is 0.354 e. The first kappa shape index (κ1) is 24.2. The van der Waals surface area contributed by atoms with E-state index in [-0.39, 0.29) is 24.0 Å². The number of hydrogen-bond acceptors (Lipinski definition) is 4. The number of aliphatic imine (C=N–C) groups is 1. The molecule has 0 atom stereocenters. The van der Waals surface area contributed by atoms with Crippen molar-refractivity contribution in [2.75, 3.05) is 0 Å².